The van der Waals surface area contributed by atoms with Crippen molar-refractivity contribution in [3.8, 4) is 0 Å². The Kier molecular flexibility index (Phi) is 6.89. The van der Waals surface area contributed by atoms with Gasteiger partial charge in [-0.3, -0.25) is 14.4 Å². The normalized spacial score (nSPS) is 18.9. The average Bonchev–Trinajstić information content (AvgIpc) is 3.44. The first-order chi connectivity index (χ1) is 15.4. The number of rotatable bonds is 6. The number of halogens is 1. The van der Waals surface area contributed by atoms with E-state index in [0.717, 1.165) is 9.47 Å². The van der Waals surface area contributed by atoms with Gasteiger partial charge in [0.25, 0.3) is 0 Å². The predicted molar refractivity (Wildman–Crippen MR) is 120 cm³/mol. The molecule has 0 spiro atoms. The molecule has 3 heterocycles. The summed E-state index contributed by atoms with van der Waals surface area (Å²) in [5.41, 5.74) is 0.609. The lowest BCUT2D eigenvalue weighted by Gasteiger charge is -2.35. The first-order valence-corrected chi connectivity index (χ1v) is 12.0. The number of anilines is 2. The Morgan fingerprint density at radius 3 is 2.59 bits per heavy atom. The van der Waals surface area contributed by atoms with E-state index < -0.39 is 5.92 Å². The van der Waals surface area contributed by atoms with E-state index >= 15 is 0 Å². The van der Waals surface area contributed by atoms with Crippen LogP contribution in [0.2, 0.25) is 0 Å². The van der Waals surface area contributed by atoms with E-state index in [-0.39, 0.29) is 30.0 Å². The Bertz CT molecular complexity index is 993. The molecule has 9 nitrogen and oxygen atoms in total. The van der Waals surface area contributed by atoms with E-state index in [9.17, 15) is 18.8 Å². The highest BCUT2D eigenvalue weighted by Gasteiger charge is 2.38. The number of piperazine rings is 1. The Hall–Kier alpha value is -2.73. The van der Waals surface area contributed by atoms with Crippen LogP contribution in [0.3, 0.4) is 0 Å². The van der Waals surface area contributed by atoms with Gasteiger partial charge in [-0.05, 0) is 24.3 Å². The van der Waals surface area contributed by atoms with Gasteiger partial charge in [0, 0.05) is 51.9 Å². The van der Waals surface area contributed by atoms with Crippen LogP contribution in [0.5, 0.6) is 0 Å². The molecule has 2 aromatic rings. The van der Waals surface area contributed by atoms with Crippen molar-refractivity contribution in [2.45, 2.75) is 10.8 Å². The summed E-state index contributed by atoms with van der Waals surface area (Å²) in [6.45, 7) is 2.65. The number of amides is 3. The van der Waals surface area contributed by atoms with Crippen molar-refractivity contribution in [3.63, 3.8) is 0 Å². The van der Waals surface area contributed by atoms with E-state index in [0.29, 0.717) is 44.2 Å². The van der Waals surface area contributed by atoms with Crippen molar-refractivity contribution in [1.29, 1.82) is 0 Å². The number of carbonyl (C=O) groups excluding carboxylic acids is 3. The van der Waals surface area contributed by atoms with E-state index in [4.69, 9.17) is 0 Å². The summed E-state index contributed by atoms with van der Waals surface area (Å²) in [6, 6.07) is 5.74. The van der Waals surface area contributed by atoms with E-state index in [1.165, 1.54) is 35.2 Å². The number of carbonyl (C=O) groups is 3. The largest absolute Gasteiger partial charge is 0.358 e. The summed E-state index contributed by atoms with van der Waals surface area (Å²) in [4.78, 5) is 42.2. The molecule has 0 saturated carbocycles. The van der Waals surface area contributed by atoms with E-state index in [1.807, 2.05) is 0 Å². The second-order valence-electron chi connectivity index (χ2n) is 7.51. The number of hydrogen-bond donors (Lipinski definition) is 1. The highest BCUT2D eigenvalue weighted by Crippen LogP contribution is 2.30. The van der Waals surface area contributed by atoms with Crippen LogP contribution in [0.1, 0.15) is 6.42 Å². The molecule has 1 unspecified atom stereocenters. The van der Waals surface area contributed by atoms with Crippen molar-refractivity contribution >= 4 is 51.6 Å². The zero-order chi connectivity index (χ0) is 22.7. The quantitative estimate of drug-likeness (QED) is 0.624. The molecule has 2 aliphatic rings. The molecule has 0 bridgehead atoms. The minimum Gasteiger partial charge on any atom is -0.358 e. The Balaban J connectivity index is 1.29. The lowest BCUT2D eigenvalue weighted by atomic mass is 10.1. The molecular formula is C20H23FN6O3S2. The third kappa shape index (κ3) is 5.01. The van der Waals surface area contributed by atoms with Gasteiger partial charge in [0.15, 0.2) is 4.34 Å². The fourth-order valence-corrected chi connectivity index (χ4v) is 5.47. The minimum absolute atomic E-state index is 0.0262. The first kappa shape index (κ1) is 22.5. The molecule has 1 aromatic heterocycles. The fraction of sp³-hybridized carbons (Fsp3) is 0.450. The van der Waals surface area contributed by atoms with Gasteiger partial charge < -0.3 is 20.0 Å². The topological polar surface area (TPSA) is 98.7 Å². The maximum atomic E-state index is 13.2. The number of nitrogens with one attached hydrogen (secondary N) is 1. The Morgan fingerprint density at radius 2 is 1.91 bits per heavy atom. The average molecular weight is 479 g/mol. The third-order valence-corrected chi connectivity index (χ3v) is 7.59. The van der Waals surface area contributed by atoms with Crippen LogP contribution >= 0.6 is 23.1 Å². The molecular weight excluding hydrogens is 455 g/mol. The molecule has 3 amide bonds. The number of benzene rings is 1. The maximum absolute atomic E-state index is 13.2. The molecule has 4 rings (SSSR count). The first-order valence-electron chi connectivity index (χ1n) is 10.2. The monoisotopic (exact) mass is 478 g/mol. The molecule has 32 heavy (non-hydrogen) atoms. The van der Waals surface area contributed by atoms with Crippen molar-refractivity contribution in [2.24, 2.45) is 5.92 Å². The van der Waals surface area contributed by atoms with Crippen LogP contribution in [0.4, 0.5) is 15.2 Å². The second-order valence-corrected chi connectivity index (χ2v) is 9.68. The van der Waals surface area contributed by atoms with Crippen molar-refractivity contribution in [3.05, 3.63) is 30.1 Å². The van der Waals surface area contributed by atoms with E-state index in [2.05, 4.69) is 20.4 Å². The van der Waals surface area contributed by atoms with Gasteiger partial charge in [-0.15, -0.1) is 10.2 Å². The van der Waals surface area contributed by atoms with Gasteiger partial charge in [-0.2, -0.15) is 0 Å². The molecule has 0 aliphatic carbocycles. The van der Waals surface area contributed by atoms with Crippen LogP contribution in [0, 0.1) is 11.7 Å². The maximum Gasteiger partial charge on any atom is 0.230 e. The molecule has 1 N–H and O–H groups in total. The number of nitrogens with zero attached hydrogens (tertiary/aromatic N) is 5. The van der Waals surface area contributed by atoms with Gasteiger partial charge in [0.2, 0.25) is 22.9 Å². The van der Waals surface area contributed by atoms with Crippen molar-refractivity contribution < 1.29 is 18.8 Å². The third-order valence-electron chi connectivity index (χ3n) is 5.48. The summed E-state index contributed by atoms with van der Waals surface area (Å²) in [5, 5.41) is 11.7. The zero-order valence-corrected chi connectivity index (χ0v) is 19.1. The van der Waals surface area contributed by atoms with Crippen LogP contribution in [-0.2, 0) is 14.4 Å². The van der Waals surface area contributed by atoms with Crippen LogP contribution in [-0.4, -0.2) is 78.3 Å². The summed E-state index contributed by atoms with van der Waals surface area (Å²) in [6.07, 6.45) is 0.165. The molecule has 2 fully saturated rings. The number of thioether (sulfide) groups is 1. The molecule has 0 radical (unpaired) electrons. The zero-order valence-electron chi connectivity index (χ0n) is 17.5. The summed E-state index contributed by atoms with van der Waals surface area (Å²) >= 11 is 2.77. The molecule has 2 saturated heterocycles. The van der Waals surface area contributed by atoms with Gasteiger partial charge in [-0.25, -0.2) is 4.39 Å². The van der Waals surface area contributed by atoms with Crippen molar-refractivity contribution in [2.75, 3.05) is 55.3 Å². The SMILES string of the molecule is CNC(=O)CSc1nnc(N2CCN(C(=O)C3CC(=O)N(c4ccc(F)cc4)C3)CC2)s1. The predicted octanol–water partition coefficient (Wildman–Crippen LogP) is 1.22. The summed E-state index contributed by atoms with van der Waals surface area (Å²) < 4.78 is 13.9. The Morgan fingerprint density at radius 1 is 1.19 bits per heavy atom. The lowest BCUT2D eigenvalue weighted by molar-refractivity contribution is -0.136. The Labute approximate surface area is 193 Å². The molecule has 1 atom stereocenters. The standard InChI is InChI=1S/C20H23FN6O3S2/c1-22-16(28)12-31-20-24-23-19(32-20)26-8-6-25(7-9-26)18(30)13-10-17(29)27(11-13)15-4-2-14(21)3-5-15/h2-5,13H,6-12H2,1H3,(H,22,28). The number of hydrogen-bond acceptors (Lipinski definition) is 8. The van der Waals surface area contributed by atoms with Crippen LogP contribution in [0.25, 0.3) is 0 Å². The molecule has 2 aliphatic heterocycles. The fourth-order valence-electron chi connectivity index (χ4n) is 3.71. The highest BCUT2D eigenvalue weighted by atomic mass is 32.2. The summed E-state index contributed by atoms with van der Waals surface area (Å²) in [5.74, 6) is -0.678. The lowest BCUT2D eigenvalue weighted by Crippen LogP contribution is -2.50. The van der Waals surface area contributed by atoms with Crippen LogP contribution < -0.4 is 15.1 Å². The van der Waals surface area contributed by atoms with Gasteiger partial charge >= 0.3 is 0 Å². The van der Waals surface area contributed by atoms with Crippen LogP contribution in [0.15, 0.2) is 28.6 Å². The van der Waals surface area contributed by atoms with Crippen molar-refractivity contribution in [1.82, 2.24) is 20.4 Å². The summed E-state index contributed by atoms with van der Waals surface area (Å²) in [7, 11) is 1.59. The number of aromatic nitrogens is 2. The molecule has 1 aromatic carbocycles. The van der Waals surface area contributed by atoms with Gasteiger partial charge in [0.05, 0.1) is 11.7 Å². The van der Waals surface area contributed by atoms with E-state index in [1.54, 1.807) is 29.0 Å². The second kappa shape index (κ2) is 9.82. The molecule has 12 heteroatoms. The highest BCUT2D eigenvalue weighted by molar-refractivity contribution is 8.01. The van der Waals surface area contributed by atoms with Gasteiger partial charge in [-0.1, -0.05) is 23.1 Å². The van der Waals surface area contributed by atoms with Gasteiger partial charge in [0.1, 0.15) is 5.82 Å². The molecule has 170 valence electrons. The minimum atomic E-state index is -0.395. The smallest absolute Gasteiger partial charge is 0.230 e.